The molecule has 0 aliphatic rings. The molecular formula is C55H34N4O. The Labute approximate surface area is 345 Å². The molecule has 5 nitrogen and oxygen atoms in total. The van der Waals surface area contributed by atoms with Crippen molar-refractivity contribution >= 4 is 54.5 Å². The number of furan rings is 1. The average Bonchev–Trinajstić information content (AvgIpc) is 3.88. The van der Waals surface area contributed by atoms with E-state index in [0.29, 0.717) is 17.5 Å². The summed E-state index contributed by atoms with van der Waals surface area (Å²) in [4.78, 5) is 15.6. The van der Waals surface area contributed by atoms with Crippen molar-refractivity contribution in [2.45, 2.75) is 0 Å². The van der Waals surface area contributed by atoms with Crippen molar-refractivity contribution < 1.29 is 4.42 Å². The zero-order valence-electron chi connectivity index (χ0n) is 32.3. The molecule has 0 N–H and O–H groups in total. The van der Waals surface area contributed by atoms with E-state index in [0.717, 1.165) is 77.2 Å². The van der Waals surface area contributed by atoms with Crippen LogP contribution in [0.1, 0.15) is 0 Å². The standard InChI is InChI=1S/C55H34N4O/c1-4-15-35(16-5-1)40-29-31-47-45(34-40)43-23-12-13-25-46(43)59(47)48-32-30-42(37-18-6-2-7-19-37)51-50-44(24-14-26-49(50)60-52(48)51)55-57-53(38-20-8-3-9-21-38)56-54(58-55)41-28-27-36-17-10-11-22-39(36)33-41/h1-34H. The van der Waals surface area contributed by atoms with Gasteiger partial charge >= 0.3 is 0 Å². The molecule has 3 heterocycles. The first-order chi connectivity index (χ1) is 29.7. The summed E-state index contributed by atoms with van der Waals surface area (Å²) in [5.41, 5.74) is 12.0. The lowest BCUT2D eigenvalue weighted by Crippen LogP contribution is -2.00. The molecule has 3 aromatic heterocycles. The molecule has 0 saturated carbocycles. The van der Waals surface area contributed by atoms with E-state index in [1.165, 1.54) is 21.9 Å². The maximum absolute atomic E-state index is 7.11. The maximum Gasteiger partial charge on any atom is 0.164 e. The van der Waals surface area contributed by atoms with Crippen LogP contribution in [0.25, 0.3) is 117 Å². The Kier molecular flexibility index (Phi) is 7.78. The van der Waals surface area contributed by atoms with Crippen LogP contribution in [0.15, 0.2) is 211 Å². The summed E-state index contributed by atoms with van der Waals surface area (Å²) in [6.07, 6.45) is 0. The van der Waals surface area contributed by atoms with Gasteiger partial charge in [0, 0.05) is 38.2 Å². The highest BCUT2D eigenvalue weighted by atomic mass is 16.3. The van der Waals surface area contributed by atoms with Crippen LogP contribution in [0.5, 0.6) is 0 Å². The summed E-state index contributed by atoms with van der Waals surface area (Å²) in [5, 5.41) is 6.62. The summed E-state index contributed by atoms with van der Waals surface area (Å²) in [6.45, 7) is 0. The van der Waals surface area contributed by atoms with Crippen LogP contribution >= 0.6 is 0 Å². The minimum Gasteiger partial charge on any atom is -0.454 e. The van der Waals surface area contributed by atoms with E-state index >= 15 is 0 Å². The first-order valence-corrected chi connectivity index (χ1v) is 20.2. The second-order valence-corrected chi connectivity index (χ2v) is 15.2. The molecular weight excluding hydrogens is 733 g/mol. The van der Waals surface area contributed by atoms with Gasteiger partial charge in [0.05, 0.1) is 16.7 Å². The Morgan fingerprint density at radius 1 is 0.350 bits per heavy atom. The number of para-hydroxylation sites is 1. The van der Waals surface area contributed by atoms with Gasteiger partial charge in [-0.05, 0) is 69.4 Å². The lowest BCUT2D eigenvalue weighted by molar-refractivity contribution is 0.666. The molecule has 0 fully saturated rings. The molecule has 12 rings (SSSR count). The van der Waals surface area contributed by atoms with Crippen LogP contribution in [0.3, 0.4) is 0 Å². The first-order valence-electron chi connectivity index (χ1n) is 20.2. The molecule has 0 atom stereocenters. The number of hydrogen-bond acceptors (Lipinski definition) is 4. The van der Waals surface area contributed by atoms with Gasteiger partial charge in [-0.1, -0.05) is 170 Å². The molecule has 0 amide bonds. The predicted octanol–water partition coefficient (Wildman–Crippen LogP) is 14.4. The molecule has 0 aliphatic heterocycles. The van der Waals surface area contributed by atoms with Gasteiger partial charge in [-0.25, -0.2) is 15.0 Å². The first kappa shape index (κ1) is 33.9. The highest BCUT2D eigenvalue weighted by molar-refractivity contribution is 6.20. The number of nitrogens with zero attached hydrogens (tertiary/aromatic N) is 4. The third kappa shape index (κ3) is 5.52. The summed E-state index contributed by atoms with van der Waals surface area (Å²) in [6, 6.07) is 72.1. The highest BCUT2D eigenvalue weighted by Gasteiger charge is 2.24. The largest absolute Gasteiger partial charge is 0.454 e. The highest BCUT2D eigenvalue weighted by Crippen LogP contribution is 2.45. The van der Waals surface area contributed by atoms with Gasteiger partial charge in [0.25, 0.3) is 0 Å². The van der Waals surface area contributed by atoms with E-state index in [4.69, 9.17) is 19.4 Å². The number of aromatic nitrogens is 4. The molecule has 60 heavy (non-hydrogen) atoms. The zero-order valence-corrected chi connectivity index (χ0v) is 32.3. The van der Waals surface area contributed by atoms with Crippen molar-refractivity contribution in [1.82, 2.24) is 19.5 Å². The Morgan fingerprint density at radius 2 is 0.983 bits per heavy atom. The van der Waals surface area contributed by atoms with Crippen molar-refractivity contribution in [1.29, 1.82) is 0 Å². The minimum absolute atomic E-state index is 0.579. The SMILES string of the molecule is c1ccc(-c2ccc3c(c2)c2ccccc2n3-c2ccc(-c3ccccc3)c3c2oc2cccc(-c4nc(-c5ccccc5)nc(-c5ccc6ccccc6c5)n4)c23)cc1. The third-order valence-electron chi connectivity index (χ3n) is 11.6. The van der Waals surface area contributed by atoms with Crippen molar-refractivity contribution in [3.8, 4) is 62.1 Å². The van der Waals surface area contributed by atoms with E-state index in [2.05, 4.69) is 174 Å². The Balaban J connectivity index is 1.14. The van der Waals surface area contributed by atoms with Crippen LogP contribution in [-0.2, 0) is 0 Å². The quantitative estimate of drug-likeness (QED) is 0.169. The summed E-state index contributed by atoms with van der Waals surface area (Å²) >= 11 is 0. The fourth-order valence-electron chi connectivity index (χ4n) is 8.84. The zero-order chi connectivity index (χ0) is 39.6. The predicted molar refractivity (Wildman–Crippen MR) is 246 cm³/mol. The van der Waals surface area contributed by atoms with Gasteiger partial charge in [-0.3, -0.25) is 0 Å². The molecule has 0 saturated heterocycles. The number of fused-ring (bicyclic) bond motifs is 7. The summed E-state index contributed by atoms with van der Waals surface area (Å²) in [5.74, 6) is 1.80. The monoisotopic (exact) mass is 766 g/mol. The minimum atomic E-state index is 0.579. The summed E-state index contributed by atoms with van der Waals surface area (Å²) in [7, 11) is 0. The van der Waals surface area contributed by atoms with E-state index in [9.17, 15) is 0 Å². The average molecular weight is 767 g/mol. The number of hydrogen-bond donors (Lipinski definition) is 0. The molecule has 0 unspecified atom stereocenters. The van der Waals surface area contributed by atoms with Gasteiger partial charge in [-0.2, -0.15) is 0 Å². The Morgan fingerprint density at radius 3 is 1.78 bits per heavy atom. The van der Waals surface area contributed by atoms with Crippen molar-refractivity contribution in [3.63, 3.8) is 0 Å². The van der Waals surface area contributed by atoms with E-state index < -0.39 is 0 Å². The molecule has 5 heteroatoms. The maximum atomic E-state index is 7.11. The molecule has 0 bridgehead atoms. The van der Waals surface area contributed by atoms with Gasteiger partial charge in [-0.15, -0.1) is 0 Å². The molecule has 12 aromatic rings. The van der Waals surface area contributed by atoms with Crippen molar-refractivity contribution in [2.75, 3.05) is 0 Å². The van der Waals surface area contributed by atoms with E-state index in [1.54, 1.807) is 0 Å². The van der Waals surface area contributed by atoms with Gasteiger partial charge in [0.15, 0.2) is 23.1 Å². The van der Waals surface area contributed by atoms with Crippen LogP contribution in [0.2, 0.25) is 0 Å². The van der Waals surface area contributed by atoms with Gasteiger partial charge in [0.1, 0.15) is 5.58 Å². The lowest BCUT2D eigenvalue weighted by Gasteiger charge is -2.13. The topological polar surface area (TPSA) is 56.7 Å². The van der Waals surface area contributed by atoms with Gasteiger partial charge < -0.3 is 8.98 Å². The van der Waals surface area contributed by atoms with Crippen LogP contribution in [0.4, 0.5) is 0 Å². The molecule has 0 aliphatic carbocycles. The number of benzene rings is 9. The normalized spacial score (nSPS) is 11.7. The second kappa shape index (κ2) is 13.8. The van der Waals surface area contributed by atoms with Crippen LogP contribution < -0.4 is 0 Å². The molecule has 0 spiro atoms. The Bertz CT molecular complexity index is 3590. The summed E-state index contributed by atoms with van der Waals surface area (Å²) < 4.78 is 9.46. The third-order valence-corrected chi connectivity index (χ3v) is 11.6. The van der Waals surface area contributed by atoms with E-state index in [-0.39, 0.29) is 0 Å². The lowest BCUT2D eigenvalue weighted by atomic mass is 9.96. The second-order valence-electron chi connectivity index (χ2n) is 15.2. The fraction of sp³-hybridized carbons (Fsp3) is 0. The van der Waals surface area contributed by atoms with Crippen LogP contribution in [0, 0.1) is 0 Å². The fourth-order valence-corrected chi connectivity index (χ4v) is 8.84. The number of rotatable bonds is 6. The van der Waals surface area contributed by atoms with E-state index in [1.807, 2.05) is 36.4 Å². The Hall–Kier alpha value is -8.15. The van der Waals surface area contributed by atoms with Gasteiger partial charge in [0.2, 0.25) is 0 Å². The molecule has 9 aromatic carbocycles. The molecule has 280 valence electrons. The smallest absolute Gasteiger partial charge is 0.164 e. The van der Waals surface area contributed by atoms with Crippen LogP contribution in [-0.4, -0.2) is 19.5 Å². The van der Waals surface area contributed by atoms with Crippen molar-refractivity contribution in [2.24, 2.45) is 0 Å². The van der Waals surface area contributed by atoms with Crippen molar-refractivity contribution in [3.05, 3.63) is 206 Å². The molecule has 0 radical (unpaired) electrons.